The van der Waals surface area contributed by atoms with Gasteiger partial charge in [0.25, 0.3) is 0 Å². The number of rotatable bonds is 13. The second kappa shape index (κ2) is 25.8. The molecular formula is C36H50BrCl2F4N4O9PS. The van der Waals surface area contributed by atoms with Crippen LogP contribution in [-0.4, -0.2) is 101 Å². The topological polar surface area (TPSA) is 183 Å². The van der Waals surface area contributed by atoms with E-state index in [1.165, 1.54) is 0 Å². The quantitative estimate of drug-likeness (QED) is 0.0525. The van der Waals surface area contributed by atoms with Crippen molar-refractivity contribution in [1.82, 2.24) is 15.1 Å². The Bertz CT molecular complexity index is 1870. The summed E-state index contributed by atoms with van der Waals surface area (Å²) in [5, 5.41) is 13.5. The Morgan fingerprint density at radius 3 is 2.17 bits per heavy atom. The number of carboxylic acid groups (broad SMARTS) is 1. The largest absolute Gasteiger partial charge is 0.778 e. The monoisotopic (exact) mass is 970 g/mol. The fourth-order valence-corrected chi connectivity index (χ4v) is 6.29. The predicted octanol–water partition coefficient (Wildman–Crippen LogP) is 7.05. The number of alkyl halides is 4. The van der Waals surface area contributed by atoms with Crippen LogP contribution in [0.1, 0.15) is 54.9 Å². The summed E-state index contributed by atoms with van der Waals surface area (Å²) in [6.07, 6.45) is 1.61. The zero-order chi connectivity index (χ0) is 45.3. The van der Waals surface area contributed by atoms with Gasteiger partial charge in [0.15, 0.2) is 5.69 Å². The van der Waals surface area contributed by atoms with E-state index in [0.717, 1.165) is 42.4 Å². The van der Waals surface area contributed by atoms with Gasteiger partial charge < -0.3 is 33.8 Å². The third kappa shape index (κ3) is 19.1. The molecule has 2 unspecified atom stereocenters. The van der Waals surface area contributed by atoms with Crippen LogP contribution >= 0.6 is 46.7 Å². The number of amides is 1. The molecule has 3 N–H and O–H groups in total. The molecule has 22 heteroatoms. The van der Waals surface area contributed by atoms with Crippen LogP contribution in [0.5, 0.6) is 0 Å². The van der Waals surface area contributed by atoms with Gasteiger partial charge in [0.2, 0.25) is 5.91 Å². The van der Waals surface area contributed by atoms with Crippen LogP contribution in [-0.2, 0) is 54.2 Å². The number of nitrogens with one attached hydrogen (secondary N) is 1. The van der Waals surface area contributed by atoms with Gasteiger partial charge in [-0.15, -0.1) is 11.6 Å². The van der Waals surface area contributed by atoms with Gasteiger partial charge >= 0.3 is 18.1 Å². The van der Waals surface area contributed by atoms with E-state index in [1.54, 1.807) is 25.9 Å². The molecule has 1 aromatic heterocycles. The van der Waals surface area contributed by atoms with E-state index in [0.29, 0.717) is 22.2 Å². The van der Waals surface area contributed by atoms with Crippen molar-refractivity contribution >= 4 is 81.2 Å². The summed E-state index contributed by atoms with van der Waals surface area (Å²) in [6.45, 7) is 9.31. The van der Waals surface area contributed by atoms with Crippen molar-refractivity contribution in [3.63, 3.8) is 0 Å². The summed E-state index contributed by atoms with van der Waals surface area (Å²) in [6, 6.07) is 7.90. The number of methoxy groups -OCH3 is 1. The minimum atomic E-state index is -4.69. The number of hydrogen-bond acceptors (Lipinski definition) is 9. The second-order valence-corrected chi connectivity index (χ2v) is 18.4. The van der Waals surface area contributed by atoms with Crippen molar-refractivity contribution in [1.29, 1.82) is 0 Å². The SMILES string of the molecule is CC(C)OC(=O)c1cc(-c2nn(C)c(C(F)(F)F)c2Br)c(F)cc1Cl.CCc1cccc(C)c1N(C(=O)CCl)C(C)COC.C[S+](C)C.O=C(O)CNCP(=O)([O-])O. The van der Waals surface area contributed by atoms with Crippen molar-refractivity contribution in [3.8, 4) is 11.3 Å². The van der Waals surface area contributed by atoms with Gasteiger partial charge in [-0.25, -0.2) is 9.18 Å². The zero-order valence-corrected chi connectivity index (χ0v) is 38.5. The lowest BCUT2D eigenvalue weighted by Crippen LogP contribution is -2.43. The summed E-state index contributed by atoms with van der Waals surface area (Å²) in [7, 11) is -0.988. The number of nitrogens with zero attached hydrogens (tertiary/aromatic N) is 3. The Morgan fingerprint density at radius 2 is 1.74 bits per heavy atom. The normalized spacial score (nSPS) is 12.6. The van der Waals surface area contributed by atoms with Gasteiger partial charge in [-0.2, -0.15) is 18.3 Å². The number of carbonyl (C=O) groups is 3. The molecule has 1 heterocycles. The van der Waals surface area contributed by atoms with E-state index < -0.39 is 60.6 Å². The van der Waals surface area contributed by atoms with Crippen LogP contribution in [0.3, 0.4) is 0 Å². The maximum absolute atomic E-state index is 14.3. The van der Waals surface area contributed by atoms with Crippen LogP contribution in [0.25, 0.3) is 11.3 Å². The lowest BCUT2D eigenvalue weighted by atomic mass is 10.0. The number of hydrogen-bond donors (Lipinski definition) is 3. The molecule has 0 radical (unpaired) electrons. The lowest BCUT2D eigenvalue weighted by molar-refractivity contribution is -0.193. The van der Waals surface area contributed by atoms with E-state index in [4.69, 9.17) is 42.7 Å². The number of esters is 1. The van der Waals surface area contributed by atoms with E-state index in [2.05, 4.69) is 52.8 Å². The van der Waals surface area contributed by atoms with Crippen LogP contribution in [0.15, 0.2) is 34.8 Å². The third-order valence-electron chi connectivity index (χ3n) is 6.90. The molecule has 1 amide bonds. The molecule has 2 atom stereocenters. The molecule has 0 fully saturated rings. The molecule has 3 rings (SSSR count). The molecule has 0 spiro atoms. The number of carboxylic acids is 1. The molecule has 3 aromatic rings. The first-order valence-corrected chi connectivity index (χ1v) is 23.0. The van der Waals surface area contributed by atoms with Gasteiger partial charge in [0.05, 0.1) is 71.1 Å². The Balaban J connectivity index is 0.000000865. The number of anilines is 1. The molecule has 13 nitrogen and oxygen atoms in total. The van der Waals surface area contributed by atoms with Crippen molar-refractivity contribution < 1.29 is 60.9 Å². The summed E-state index contributed by atoms with van der Waals surface area (Å²) >= 11 is 14.4. The third-order valence-corrected chi connectivity index (χ3v) is 8.81. The van der Waals surface area contributed by atoms with E-state index in [1.807, 2.05) is 31.3 Å². The summed E-state index contributed by atoms with van der Waals surface area (Å²) in [5.74, 6) is -3.02. The Morgan fingerprint density at radius 1 is 1.17 bits per heavy atom. The van der Waals surface area contributed by atoms with Crippen LogP contribution in [0, 0.1) is 12.7 Å². The molecule has 0 saturated heterocycles. The van der Waals surface area contributed by atoms with Crippen molar-refractivity contribution in [3.05, 3.63) is 68.0 Å². The first kappa shape index (κ1) is 55.3. The van der Waals surface area contributed by atoms with Crippen LogP contribution in [0.4, 0.5) is 23.2 Å². The number of ether oxygens (including phenoxy) is 2. The average molecular weight is 973 g/mol. The van der Waals surface area contributed by atoms with E-state index in [-0.39, 0.29) is 39.7 Å². The van der Waals surface area contributed by atoms with Crippen molar-refractivity contribution in [2.24, 2.45) is 7.05 Å². The molecular weight excluding hydrogens is 922 g/mol. The standard InChI is InChI=1S/C15H12BrClF4N2O2.C15H22ClNO2.C3H8NO5P.C3H9S/c1-6(2)25-14(24)7-4-8(10(18)5-9(7)17)12-11(16)13(15(19,20)21)23(3)22-12;1-5-13-8-6-7-11(2)15(13)17(14(18)9-16)12(3)10-19-4;5-3(6)1-4-2-10(7,8)9;1-4(2)3/h4-6H,1-3H3;6-8,12H,5,9-10H2,1-4H3;4H,1-2H2,(H,5,6)(H2,7,8,9);1-3H3/q;;;+1/p-1. The number of benzene rings is 2. The molecule has 0 aliphatic carbocycles. The highest BCUT2D eigenvalue weighted by Crippen LogP contribution is 2.41. The Labute approximate surface area is 357 Å². The first-order valence-electron chi connectivity index (χ1n) is 17.0. The van der Waals surface area contributed by atoms with Gasteiger partial charge in [-0.3, -0.25) is 19.6 Å². The molecule has 0 aliphatic rings. The van der Waals surface area contributed by atoms with E-state index in [9.17, 15) is 41.4 Å². The highest BCUT2D eigenvalue weighted by atomic mass is 79.9. The fraction of sp³-hybridized carbons (Fsp3) is 0.500. The molecule has 328 valence electrons. The lowest BCUT2D eigenvalue weighted by Gasteiger charge is -2.31. The van der Waals surface area contributed by atoms with E-state index >= 15 is 0 Å². The molecule has 0 aliphatic heterocycles. The van der Waals surface area contributed by atoms with Gasteiger partial charge in [0.1, 0.15) is 25.0 Å². The van der Waals surface area contributed by atoms with Gasteiger partial charge in [0, 0.05) is 19.7 Å². The predicted molar refractivity (Wildman–Crippen MR) is 222 cm³/mol. The maximum Gasteiger partial charge on any atom is 0.434 e. The highest BCUT2D eigenvalue weighted by Gasteiger charge is 2.39. The fourth-order valence-electron chi connectivity index (χ4n) is 4.77. The average Bonchev–Trinajstić information content (AvgIpc) is 3.38. The minimum Gasteiger partial charge on any atom is -0.778 e. The number of halogens is 7. The van der Waals surface area contributed by atoms with Gasteiger partial charge in [-0.05, 0) is 84.2 Å². The van der Waals surface area contributed by atoms with Crippen LogP contribution < -0.4 is 15.1 Å². The first-order chi connectivity index (χ1) is 26.6. The minimum absolute atomic E-state index is 0.0223. The van der Waals surface area contributed by atoms with Crippen molar-refractivity contribution in [2.45, 2.75) is 59.4 Å². The Kier molecular flexibility index (Phi) is 24.6. The molecule has 58 heavy (non-hydrogen) atoms. The smallest absolute Gasteiger partial charge is 0.434 e. The summed E-state index contributed by atoms with van der Waals surface area (Å²) in [5.41, 5.74) is 1.35. The second-order valence-electron chi connectivity index (χ2n) is 12.9. The van der Waals surface area contributed by atoms with Crippen LogP contribution in [0.2, 0.25) is 5.02 Å². The Hall–Kier alpha value is -2.74. The number of aliphatic carboxylic acids is 1. The molecule has 2 aromatic carbocycles. The van der Waals surface area contributed by atoms with Gasteiger partial charge in [-0.1, -0.05) is 36.7 Å². The summed E-state index contributed by atoms with van der Waals surface area (Å²) in [4.78, 5) is 53.8. The summed E-state index contributed by atoms with van der Waals surface area (Å²) < 4.78 is 73.8. The number of aryl methyl sites for hydroxylation is 3. The number of para-hydroxylation sites is 1. The highest BCUT2D eigenvalue weighted by molar-refractivity contribution is 9.10. The number of carbonyl (C=O) groups excluding carboxylic acids is 2. The molecule has 0 bridgehead atoms. The van der Waals surface area contributed by atoms with Crippen molar-refractivity contribution in [2.75, 3.05) is 56.1 Å². The maximum atomic E-state index is 14.3. The number of aromatic nitrogens is 2. The zero-order valence-electron chi connectivity index (χ0n) is 33.7. The molecule has 0 saturated carbocycles.